The molecule has 0 aromatic carbocycles. The molecule has 1 unspecified atom stereocenters. The smallest absolute Gasteiger partial charge is 0.431 e. The second kappa shape index (κ2) is 7.83. The molecular formula is C15H18F5NO4. The van der Waals surface area contributed by atoms with Crippen molar-refractivity contribution in [3.8, 4) is 0 Å². The largest absolute Gasteiger partial charge is 0.466 e. The number of halogens is 5. The predicted molar refractivity (Wildman–Crippen MR) is 76.5 cm³/mol. The van der Waals surface area contributed by atoms with Crippen molar-refractivity contribution in [2.45, 2.75) is 38.9 Å². The van der Waals surface area contributed by atoms with Crippen LogP contribution in [0.2, 0.25) is 0 Å². The van der Waals surface area contributed by atoms with Gasteiger partial charge in [-0.3, -0.25) is 0 Å². The molecule has 0 fully saturated rings. The number of allylic oxidation sites excluding steroid dienone is 1. The Balaban J connectivity index is 3.84. The lowest BCUT2D eigenvalue weighted by Gasteiger charge is -2.33. The van der Waals surface area contributed by atoms with Crippen molar-refractivity contribution >= 4 is 11.9 Å². The normalized spacial score (nSPS) is 18.6. The summed E-state index contributed by atoms with van der Waals surface area (Å²) in [6, 6.07) is -2.26. The minimum absolute atomic E-state index is 0.223. The molecule has 0 spiro atoms. The highest BCUT2D eigenvalue weighted by atomic mass is 19.4. The Labute approximate surface area is 140 Å². The third kappa shape index (κ3) is 4.49. The summed E-state index contributed by atoms with van der Waals surface area (Å²) in [6.45, 7) is 3.20. The van der Waals surface area contributed by atoms with E-state index in [2.05, 4.69) is 9.47 Å². The molecule has 1 atom stereocenters. The summed E-state index contributed by atoms with van der Waals surface area (Å²) >= 11 is 0. The van der Waals surface area contributed by atoms with E-state index in [1.807, 2.05) is 0 Å². The molecule has 1 rings (SSSR count). The zero-order chi connectivity index (χ0) is 19.5. The average molecular weight is 371 g/mol. The van der Waals surface area contributed by atoms with Crippen LogP contribution < -0.4 is 5.32 Å². The van der Waals surface area contributed by atoms with Gasteiger partial charge in [0.15, 0.2) is 0 Å². The number of esters is 2. The molecule has 25 heavy (non-hydrogen) atoms. The lowest BCUT2D eigenvalue weighted by atomic mass is 9.84. The number of carbonyl (C=O) groups is 2. The monoisotopic (exact) mass is 371 g/mol. The van der Waals surface area contributed by atoms with E-state index in [9.17, 15) is 31.5 Å². The molecule has 1 aliphatic heterocycles. The first kappa shape index (κ1) is 20.9. The molecule has 0 aromatic rings. The van der Waals surface area contributed by atoms with Crippen LogP contribution in [0.3, 0.4) is 0 Å². The molecule has 0 bridgehead atoms. The second-order valence-corrected chi connectivity index (χ2v) is 5.68. The van der Waals surface area contributed by atoms with Gasteiger partial charge >= 0.3 is 18.1 Å². The van der Waals surface area contributed by atoms with Gasteiger partial charge < -0.3 is 14.8 Å². The van der Waals surface area contributed by atoms with Crippen LogP contribution >= 0.6 is 0 Å². The number of hydrogen-bond acceptors (Lipinski definition) is 5. The van der Waals surface area contributed by atoms with Crippen molar-refractivity contribution in [1.82, 2.24) is 5.32 Å². The number of carbonyl (C=O) groups excluding carboxylic acids is 2. The van der Waals surface area contributed by atoms with E-state index < -0.39 is 53.0 Å². The molecule has 0 saturated carbocycles. The van der Waals surface area contributed by atoms with Crippen LogP contribution in [-0.4, -0.2) is 44.8 Å². The second-order valence-electron chi connectivity index (χ2n) is 5.68. The topological polar surface area (TPSA) is 64.6 Å². The van der Waals surface area contributed by atoms with Crippen molar-refractivity contribution in [3.05, 3.63) is 22.4 Å². The van der Waals surface area contributed by atoms with Crippen molar-refractivity contribution in [3.63, 3.8) is 0 Å². The van der Waals surface area contributed by atoms with Crippen LogP contribution in [0.5, 0.6) is 0 Å². The Kier molecular flexibility index (Phi) is 6.55. The first-order valence-electron chi connectivity index (χ1n) is 7.21. The minimum atomic E-state index is -5.12. The summed E-state index contributed by atoms with van der Waals surface area (Å²) in [6.07, 6.45) is -8.69. The zero-order valence-electron chi connectivity index (χ0n) is 14.0. The number of methoxy groups -OCH3 is 2. The fourth-order valence-electron chi connectivity index (χ4n) is 2.49. The first-order valence-corrected chi connectivity index (χ1v) is 7.21. The summed E-state index contributed by atoms with van der Waals surface area (Å²) in [5.74, 6) is -2.96. The number of hydrogen-bond donors (Lipinski definition) is 1. The molecule has 1 aliphatic rings. The maximum Gasteiger partial charge on any atom is 0.431 e. The van der Waals surface area contributed by atoms with E-state index in [1.165, 1.54) is 0 Å². The molecule has 1 N–H and O–H groups in total. The van der Waals surface area contributed by atoms with Crippen LogP contribution in [0.25, 0.3) is 0 Å². The molecule has 0 aliphatic carbocycles. The Morgan fingerprint density at radius 1 is 1.12 bits per heavy atom. The summed E-state index contributed by atoms with van der Waals surface area (Å²) in [5.41, 5.74) is -3.81. The van der Waals surface area contributed by atoms with Crippen LogP contribution in [0.1, 0.15) is 20.3 Å². The lowest BCUT2D eigenvalue weighted by Crippen LogP contribution is -2.48. The number of dihydropyridines is 1. The number of ether oxygens (including phenoxy) is 2. The zero-order valence-corrected chi connectivity index (χ0v) is 14.0. The standard InChI is InChI=1S/C15H18F5NO4/c1-6(2)5-7-8(13(22)24-3)10(12(16)17)21-11(15(18,19)20)9(7)14(23)25-4/h6,10,12,21H,5H2,1-4H3. The molecule has 0 radical (unpaired) electrons. The molecule has 0 saturated heterocycles. The van der Waals surface area contributed by atoms with Gasteiger partial charge in [0.2, 0.25) is 0 Å². The van der Waals surface area contributed by atoms with Crippen LogP contribution in [-0.2, 0) is 19.1 Å². The quantitative estimate of drug-likeness (QED) is 0.595. The Hall–Kier alpha value is -2.13. The molecule has 1 heterocycles. The number of rotatable bonds is 5. The van der Waals surface area contributed by atoms with E-state index in [1.54, 1.807) is 19.2 Å². The van der Waals surface area contributed by atoms with Crippen molar-refractivity contribution in [2.24, 2.45) is 5.92 Å². The van der Waals surface area contributed by atoms with Crippen molar-refractivity contribution in [2.75, 3.05) is 14.2 Å². The van der Waals surface area contributed by atoms with E-state index in [0.29, 0.717) is 0 Å². The summed E-state index contributed by atoms with van der Waals surface area (Å²) < 4.78 is 75.5. The van der Waals surface area contributed by atoms with Crippen LogP contribution in [0.4, 0.5) is 22.0 Å². The van der Waals surface area contributed by atoms with Crippen LogP contribution in [0.15, 0.2) is 22.4 Å². The molecule has 10 heteroatoms. The summed E-state index contributed by atoms with van der Waals surface area (Å²) in [7, 11) is 1.76. The van der Waals surface area contributed by atoms with Gasteiger partial charge in [-0.1, -0.05) is 13.8 Å². The molecule has 0 aromatic heterocycles. The number of alkyl halides is 5. The third-order valence-corrected chi connectivity index (χ3v) is 3.43. The number of nitrogens with one attached hydrogen (secondary N) is 1. The third-order valence-electron chi connectivity index (χ3n) is 3.43. The average Bonchev–Trinajstić information content (AvgIpc) is 2.50. The van der Waals surface area contributed by atoms with Gasteiger partial charge in [-0.15, -0.1) is 0 Å². The maximum absolute atomic E-state index is 13.3. The fourth-order valence-corrected chi connectivity index (χ4v) is 2.49. The van der Waals surface area contributed by atoms with E-state index in [0.717, 1.165) is 14.2 Å². The van der Waals surface area contributed by atoms with Gasteiger partial charge in [0.05, 0.1) is 25.4 Å². The minimum Gasteiger partial charge on any atom is -0.466 e. The van der Waals surface area contributed by atoms with Crippen LogP contribution in [0, 0.1) is 5.92 Å². The fraction of sp³-hybridized carbons (Fsp3) is 0.600. The van der Waals surface area contributed by atoms with Crippen molar-refractivity contribution < 1.29 is 41.0 Å². The lowest BCUT2D eigenvalue weighted by molar-refractivity contribution is -0.138. The highest BCUT2D eigenvalue weighted by Crippen LogP contribution is 2.39. The molecular weight excluding hydrogens is 353 g/mol. The van der Waals surface area contributed by atoms with E-state index in [-0.39, 0.29) is 12.3 Å². The first-order chi connectivity index (χ1) is 11.4. The SMILES string of the molecule is COC(=O)C1=C(C(F)(F)F)NC(C(F)F)C(C(=O)OC)=C1CC(C)C. The van der Waals surface area contributed by atoms with Gasteiger partial charge in [-0.2, -0.15) is 13.2 Å². The van der Waals surface area contributed by atoms with Crippen molar-refractivity contribution in [1.29, 1.82) is 0 Å². The molecule has 0 amide bonds. The molecule has 142 valence electrons. The van der Waals surface area contributed by atoms with Gasteiger partial charge in [-0.05, 0) is 17.9 Å². The summed E-state index contributed by atoms with van der Waals surface area (Å²) in [5, 5.41) is 1.57. The highest BCUT2D eigenvalue weighted by Gasteiger charge is 2.48. The summed E-state index contributed by atoms with van der Waals surface area (Å²) in [4.78, 5) is 23.9. The van der Waals surface area contributed by atoms with Gasteiger partial charge in [0.1, 0.15) is 11.7 Å². The Morgan fingerprint density at radius 2 is 1.64 bits per heavy atom. The maximum atomic E-state index is 13.3. The highest BCUT2D eigenvalue weighted by molar-refractivity contribution is 6.01. The van der Waals surface area contributed by atoms with E-state index in [4.69, 9.17) is 0 Å². The Morgan fingerprint density at radius 3 is 2.00 bits per heavy atom. The van der Waals surface area contributed by atoms with Gasteiger partial charge in [-0.25, -0.2) is 18.4 Å². The van der Waals surface area contributed by atoms with Gasteiger partial charge in [0.25, 0.3) is 6.43 Å². The molecule has 5 nitrogen and oxygen atoms in total. The predicted octanol–water partition coefficient (Wildman–Crippen LogP) is 2.73. The van der Waals surface area contributed by atoms with Gasteiger partial charge in [0, 0.05) is 0 Å². The Bertz CT molecular complexity index is 608. The van der Waals surface area contributed by atoms with E-state index >= 15 is 0 Å².